The highest BCUT2D eigenvalue weighted by Crippen LogP contribution is 2.21. The molecule has 2 amide bonds. The largest absolute Gasteiger partial charge is 0.368 e. The first-order valence-corrected chi connectivity index (χ1v) is 10.4. The third-order valence-electron chi connectivity index (χ3n) is 5.51. The Morgan fingerprint density at radius 2 is 1.47 bits per heavy atom. The Balaban J connectivity index is 1.30. The van der Waals surface area contributed by atoms with Crippen molar-refractivity contribution in [2.75, 3.05) is 36.4 Å². The summed E-state index contributed by atoms with van der Waals surface area (Å²) in [7, 11) is 0. The minimum Gasteiger partial charge on any atom is -0.368 e. The van der Waals surface area contributed by atoms with Gasteiger partial charge in [-0.2, -0.15) is 0 Å². The molecular formula is C25H23F2N3O2. The Labute approximate surface area is 185 Å². The maximum Gasteiger partial charge on any atom is 0.258 e. The van der Waals surface area contributed by atoms with Crippen LogP contribution >= 0.6 is 0 Å². The fraction of sp³-hybridized carbons (Fsp3) is 0.200. The van der Waals surface area contributed by atoms with Gasteiger partial charge in [0.15, 0.2) is 0 Å². The molecule has 1 N–H and O–H groups in total. The molecule has 1 heterocycles. The molecule has 0 unspecified atom stereocenters. The van der Waals surface area contributed by atoms with Crippen LogP contribution in [-0.4, -0.2) is 42.9 Å². The van der Waals surface area contributed by atoms with Gasteiger partial charge in [-0.25, -0.2) is 8.78 Å². The number of anilines is 2. The van der Waals surface area contributed by atoms with Crippen molar-refractivity contribution in [3.05, 3.63) is 95.6 Å². The van der Waals surface area contributed by atoms with Crippen LogP contribution in [0, 0.1) is 11.6 Å². The molecule has 0 radical (unpaired) electrons. The van der Waals surface area contributed by atoms with Gasteiger partial charge in [0.1, 0.15) is 11.6 Å². The Hall–Kier alpha value is -3.74. The van der Waals surface area contributed by atoms with Crippen molar-refractivity contribution in [1.29, 1.82) is 0 Å². The van der Waals surface area contributed by atoms with E-state index in [0.29, 0.717) is 31.9 Å². The second-order valence-corrected chi connectivity index (χ2v) is 7.65. The maximum atomic E-state index is 13.8. The van der Waals surface area contributed by atoms with Crippen LogP contribution in [0.4, 0.5) is 20.2 Å². The van der Waals surface area contributed by atoms with E-state index in [0.717, 1.165) is 11.3 Å². The first-order valence-electron chi connectivity index (χ1n) is 10.4. The van der Waals surface area contributed by atoms with Crippen LogP contribution in [0.25, 0.3) is 0 Å². The first kappa shape index (κ1) is 21.5. The number of nitrogens with zero attached hydrogens (tertiary/aromatic N) is 2. The van der Waals surface area contributed by atoms with Crippen molar-refractivity contribution < 1.29 is 18.4 Å². The Morgan fingerprint density at radius 1 is 0.812 bits per heavy atom. The molecule has 164 valence electrons. The van der Waals surface area contributed by atoms with E-state index >= 15 is 0 Å². The van der Waals surface area contributed by atoms with Crippen LogP contribution in [0.1, 0.15) is 15.9 Å². The topological polar surface area (TPSA) is 52.7 Å². The molecule has 0 spiro atoms. The van der Waals surface area contributed by atoms with Crippen molar-refractivity contribution in [2.45, 2.75) is 6.42 Å². The van der Waals surface area contributed by atoms with Gasteiger partial charge in [0, 0.05) is 37.6 Å². The second-order valence-electron chi connectivity index (χ2n) is 7.65. The van der Waals surface area contributed by atoms with Crippen LogP contribution in [0.15, 0.2) is 72.8 Å². The summed E-state index contributed by atoms with van der Waals surface area (Å²) in [4.78, 5) is 28.8. The fourth-order valence-electron chi connectivity index (χ4n) is 3.70. The van der Waals surface area contributed by atoms with E-state index in [1.54, 1.807) is 30.3 Å². The quantitative estimate of drug-likeness (QED) is 0.656. The molecule has 5 nitrogen and oxygen atoms in total. The predicted octanol–water partition coefficient (Wildman–Crippen LogP) is 4.11. The summed E-state index contributed by atoms with van der Waals surface area (Å²) in [6, 6.07) is 19.2. The van der Waals surface area contributed by atoms with E-state index in [-0.39, 0.29) is 23.7 Å². The molecule has 0 atom stereocenters. The van der Waals surface area contributed by atoms with Gasteiger partial charge in [0.05, 0.1) is 12.0 Å². The molecular weight excluding hydrogens is 412 g/mol. The van der Waals surface area contributed by atoms with Crippen LogP contribution in [0.2, 0.25) is 0 Å². The van der Waals surface area contributed by atoms with Gasteiger partial charge in [-0.1, -0.05) is 24.3 Å². The van der Waals surface area contributed by atoms with Crippen LogP contribution in [-0.2, 0) is 11.2 Å². The zero-order valence-corrected chi connectivity index (χ0v) is 17.4. The van der Waals surface area contributed by atoms with Gasteiger partial charge < -0.3 is 15.1 Å². The summed E-state index contributed by atoms with van der Waals surface area (Å²) in [6.45, 7) is 2.59. The number of halogens is 2. The minimum absolute atomic E-state index is 0.00185. The van der Waals surface area contributed by atoms with Crippen LogP contribution < -0.4 is 10.2 Å². The summed E-state index contributed by atoms with van der Waals surface area (Å²) < 4.78 is 26.8. The third-order valence-corrected chi connectivity index (χ3v) is 5.51. The molecule has 3 aromatic carbocycles. The van der Waals surface area contributed by atoms with E-state index in [2.05, 4.69) is 10.2 Å². The Bertz CT molecular complexity index is 1090. The van der Waals surface area contributed by atoms with Crippen LogP contribution in [0.3, 0.4) is 0 Å². The second kappa shape index (κ2) is 9.60. The molecule has 0 aromatic heterocycles. The molecule has 32 heavy (non-hydrogen) atoms. The monoisotopic (exact) mass is 435 g/mol. The number of hydrogen-bond donors (Lipinski definition) is 1. The fourth-order valence-corrected chi connectivity index (χ4v) is 3.70. The summed E-state index contributed by atoms with van der Waals surface area (Å²) in [5.74, 6) is -1.34. The zero-order chi connectivity index (χ0) is 22.5. The maximum absolute atomic E-state index is 13.8. The lowest BCUT2D eigenvalue weighted by atomic mass is 10.1. The normalized spacial score (nSPS) is 13.7. The summed E-state index contributed by atoms with van der Waals surface area (Å²) in [5.41, 5.74) is 2.36. The molecule has 0 saturated carbocycles. The standard InChI is InChI=1S/C25H23F2N3O2/c26-19-7-5-18(6-8-19)17-24(31)30-15-13-29(14-16-30)21-11-9-20(10-12-21)28-25(32)22-3-1-2-4-23(22)27/h1-12H,13-17H2,(H,28,32). The summed E-state index contributed by atoms with van der Waals surface area (Å²) >= 11 is 0. The van der Waals surface area contributed by atoms with Crippen molar-refractivity contribution in [3.8, 4) is 0 Å². The number of benzene rings is 3. The number of nitrogens with one attached hydrogen (secondary N) is 1. The minimum atomic E-state index is -0.562. The van der Waals surface area contributed by atoms with Crippen molar-refractivity contribution in [3.63, 3.8) is 0 Å². The summed E-state index contributed by atoms with van der Waals surface area (Å²) in [6.07, 6.45) is 0.261. The van der Waals surface area contributed by atoms with Crippen molar-refractivity contribution in [2.24, 2.45) is 0 Å². The van der Waals surface area contributed by atoms with Gasteiger partial charge in [-0.15, -0.1) is 0 Å². The Morgan fingerprint density at radius 3 is 2.12 bits per heavy atom. The molecule has 0 bridgehead atoms. The number of rotatable bonds is 5. The Kier molecular flexibility index (Phi) is 6.44. The lowest BCUT2D eigenvalue weighted by Gasteiger charge is -2.36. The number of piperazine rings is 1. The van der Waals surface area contributed by atoms with E-state index < -0.39 is 11.7 Å². The molecule has 7 heteroatoms. The number of amides is 2. The zero-order valence-electron chi connectivity index (χ0n) is 17.4. The average Bonchev–Trinajstić information content (AvgIpc) is 2.81. The number of carbonyl (C=O) groups is 2. The molecule has 1 aliphatic heterocycles. The van der Waals surface area contributed by atoms with E-state index in [1.807, 2.05) is 17.0 Å². The van der Waals surface area contributed by atoms with E-state index in [4.69, 9.17) is 0 Å². The lowest BCUT2D eigenvalue weighted by Crippen LogP contribution is -2.49. The SMILES string of the molecule is O=C(Nc1ccc(N2CCN(C(=O)Cc3ccc(F)cc3)CC2)cc1)c1ccccc1F. The highest BCUT2D eigenvalue weighted by molar-refractivity contribution is 6.04. The van der Waals surface area contributed by atoms with Gasteiger partial charge >= 0.3 is 0 Å². The molecule has 1 fully saturated rings. The highest BCUT2D eigenvalue weighted by atomic mass is 19.1. The van der Waals surface area contributed by atoms with E-state index in [9.17, 15) is 18.4 Å². The first-order chi connectivity index (χ1) is 15.5. The van der Waals surface area contributed by atoms with Gasteiger partial charge in [-0.05, 0) is 54.1 Å². The van der Waals surface area contributed by atoms with Gasteiger partial charge in [-0.3, -0.25) is 9.59 Å². The van der Waals surface area contributed by atoms with Gasteiger partial charge in [0.25, 0.3) is 5.91 Å². The van der Waals surface area contributed by atoms with Crippen LogP contribution in [0.5, 0.6) is 0 Å². The molecule has 0 aliphatic carbocycles. The predicted molar refractivity (Wildman–Crippen MR) is 120 cm³/mol. The summed E-state index contributed by atoms with van der Waals surface area (Å²) in [5, 5.41) is 2.70. The average molecular weight is 435 g/mol. The van der Waals surface area contributed by atoms with E-state index in [1.165, 1.54) is 30.3 Å². The smallest absolute Gasteiger partial charge is 0.258 e. The molecule has 4 rings (SSSR count). The number of carbonyl (C=O) groups excluding carboxylic acids is 2. The molecule has 3 aromatic rings. The molecule has 1 saturated heterocycles. The van der Waals surface area contributed by atoms with Crippen molar-refractivity contribution in [1.82, 2.24) is 4.90 Å². The third kappa shape index (κ3) is 5.11. The van der Waals surface area contributed by atoms with Gasteiger partial charge in [0.2, 0.25) is 5.91 Å². The number of hydrogen-bond acceptors (Lipinski definition) is 3. The van der Waals surface area contributed by atoms with Crippen molar-refractivity contribution >= 4 is 23.2 Å². The lowest BCUT2D eigenvalue weighted by molar-refractivity contribution is -0.130. The molecule has 1 aliphatic rings. The highest BCUT2D eigenvalue weighted by Gasteiger charge is 2.21.